The fourth-order valence-electron chi connectivity index (χ4n) is 1.57. The van der Waals surface area contributed by atoms with Gasteiger partial charge >= 0.3 is 0 Å². The summed E-state index contributed by atoms with van der Waals surface area (Å²) in [5.41, 5.74) is 8.00. The Bertz CT molecular complexity index is 575. The molecule has 2 aromatic carbocycles. The van der Waals surface area contributed by atoms with Crippen molar-refractivity contribution in [2.45, 2.75) is 0 Å². The van der Waals surface area contributed by atoms with Crippen molar-refractivity contribution in [1.29, 1.82) is 0 Å². The zero-order chi connectivity index (χ0) is 13.1. The van der Waals surface area contributed by atoms with Crippen LogP contribution >= 0.6 is 27.5 Å². The molecule has 0 aliphatic carbocycles. The van der Waals surface area contributed by atoms with Gasteiger partial charge in [-0.3, -0.25) is 0 Å². The molecule has 0 aliphatic rings. The molecule has 0 spiro atoms. The Kier molecular flexibility index (Phi) is 3.99. The van der Waals surface area contributed by atoms with Gasteiger partial charge in [0.2, 0.25) is 0 Å². The molecule has 0 radical (unpaired) electrons. The van der Waals surface area contributed by atoms with E-state index in [4.69, 9.17) is 22.1 Å². The van der Waals surface area contributed by atoms with Gasteiger partial charge in [0.1, 0.15) is 5.75 Å². The number of ether oxygens (including phenoxy) is 1. The molecule has 0 amide bonds. The number of para-hydroxylation sites is 1. The van der Waals surface area contributed by atoms with Crippen molar-refractivity contribution in [2.24, 2.45) is 0 Å². The molecule has 0 unspecified atom stereocenters. The first-order valence-corrected chi connectivity index (χ1v) is 6.43. The fraction of sp³-hybridized carbons (Fsp3) is 0.0769. The molecule has 3 nitrogen and oxygen atoms in total. The molecule has 2 rings (SSSR count). The Hall–Kier alpha value is -1.39. The summed E-state index contributed by atoms with van der Waals surface area (Å²) >= 11 is 9.40. The average Bonchev–Trinajstić information content (AvgIpc) is 2.35. The first-order chi connectivity index (χ1) is 8.61. The van der Waals surface area contributed by atoms with E-state index in [0.717, 1.165) is 21.6 Å². The molecule has 0 bridgehead atoms. The lowest BCUT2D eigenvalue weighted by Crippen LogP contribution is -1.98. The second-order valence-electron chi connectivity index (χ2n) is 3.67. The van der Waals surface area contributed by atoms with E-state index in [0.29, 0.717) is 10.7 Å². The number of methoxy groups -OCH3 is 1. The van der Waals surface area contributed by atoms with E-state index in [-0.39, 0.29) is 0 Å². The Morgan fingerprint density at radius 1 is 1.22 bits per heavy atom. The lowest BCUT2D eigenvalue weighted by molar-refractivity contribution is 0.417. The standard InChI is InChI=1S/C13H12BrClN2O/c1-18-12-6-5-8(14)7-11(12)17-10-4-2-3-9(15)13(10)16/h2-7,17H,16H2,1H3. The monoisotopic (exact) mass is 326 g/mol. The maximum absolute atomic E-state index is 5.98. The number of hydrogen-bond acceptors (Lipinski definition) is 3. The smallest absolute Gasteiger partial charge is 0.142 e. The molecule has 0 saturated carbocycles. The summed E-state index contributed by atoms with van der Waals surface area (Å²) < 4.78 is 6.24. The number of hydrogen-bond donors (Lipinski definition) is 2. The predicted molar refractivity (Wildman–Crippen MR) is 79.8 cm³/mol. The highest BCUT2D eigenvalue weighted by Gasteiger charge is 2.07. The minimum atomic E-state index is 0.515. The second-order valence-corrected chi connectivity index (χ2v) is 4.99. The Morgan fingerprint density at radius 3 is 2.72 bits per heavy atom. The molecule has 0 aliphatic heterocycles. The number of benzene rings is 2. The summed E-state index contributed by atoms with van der Waals surface area (Å²) in [6, 6.07) is 11.1. The molecule has 2 aromatic rings. The quantitative estimate of drug-likeness (QED) is 0.819. The number of nitrogens with one attached hydrogen (secondary N) is 1. The highest BCUT2D eigenvalue weighted by Crippen LogP contribution is 2.34. The van der Waals surface area contributed by atoms with Crippen molar-refractivity contribution in [1.82, 2.24) is 0 Å². The van der Waals surface area contributed by atoms with Gasteiger partial charge in [0, 0.05) is 4.47 Å². The third-order valence-corrected chi connectivity index (χ3v) is 3.31. The third kappa shape index (κ3) is 2.71. The summed E-state index contributed by atoms with van der Waals surface area (Å²) in [4.78, 5) is 0. The SMILES string of the molecule is COc1ccc(Br)cc1Nc1cccc(Cl)c1N. The maximum Gasteiger partial charge on any atom is 0.142 e. The number of halogens is 2. The Balaban J connectivity index is 2.39. The Morgan fingerprint density at radius 2 is 2.00 bits per heavy atom. The summed E-state index contributed by atoms with van der Waals surface area (Å²) in [6.07, 6.45) is 0. The third-order valence-electron chi connectivity index (χ3n) is 2.48. The first-order valence-electron chi connectivity index (χ1n) is 5.26. The van der Waals surface area contributed by atoms with Crippen LogP contribution in [0.1, 0.15) is 0 Å². The van der Waals surface area contributed by atoms with E-state index in [1.807, 2.05) is 30.3 Å². The van der Waals surface area contributed by atoms with Crippen LogP contribution in [0.5, 0.6) is 5.75 Å². The summed E-state index contributed by atoms with van der Waals surface area (Å²) in [5.74, 6) is 0.734. The van der Waals surface area contributed by atoms with Gasteiger partial charge in [-0.2, -0.15) is 0 Å². The van der Waals surface area contributed by atoms with Crippen molar-refractivity contribution in [3.05, 3.63) is 45.9 Å². The molecule has 0 atom stereocenters. The van der Waals surface area contributed by atoms with Crippen molar-refractivity contribution in [3.63, 3.8) is 0 Å². The van der Waals surface area contributed by atoms with E-state index >= 15 is 0 Å². The van der Waals surface area contributed by atoms with Crippen LogP contribution in [0.2, 0.25) is 5.02 Å². The normalized spacial score (nSPS) is 10.2. The van der Waals surface area contributed by atoms with Crippen LogP contribution in [0.4, 0.5) is 17.1 Å². The van der Waals surface area contributed by atoms with Crippen molar-refractivity contribution in [3.8, 4) is 5.75 Å². The molecular formula is C13H12BrClN2O. The van der Waals surface area contributed by atoms with E-state index in [1.165, 1.54) is 0 Å². The van der Waals surface area contributed by atoms with Gasteiger partial charge in [0.05, 0.1) is 29.2 Å². The lowest BCUT2D eigenvalue weighted by Gasteiger charge is -2.13. The molecule has 5 heteroatoms. The van der Waals surface area contributed by atoms with Gasteiger partial charge in [-0.25, -0.2) is 0 Å². The first kappa shape index (κ1) is 13.1. The fourth-order valence-corrected chi connectivity index (χ4v) is 2.10. The molecule has 0 fully saturated rings. The molecular weight excluding hydrogens is 316 g/mol. The second kappa shape index (κ2) is 5.50. The number of anilines is 3. The predicted octanol–water partition coefficient (Wildman–Crippen LogP) is 4.44. The molecule has 0 saturated heterocycles. The number of nitrogen functional groups attached to an aromatic ring is 1. The molecule has 3 N–H and O–H groups in total. The van der Waals surface area contributed by atoms with Gasteiger partial charge in [-0.1, -0.05) is 33.6 Å². The largest absolute Gasteiger partial charge is 0.495 e. The average molecular weight is 328 g/mol. The van der Waals surface area contributed by atoms with Gasteiger partial charge < -0.3 is 15.8 Å². The van der Waals surface area contributed by atoms with Crippen LogP contribution in [0.15, 0.2) is 40.9 Å². The zero-order valence-electron chi connectivity index (χ0n) is 9.71. The van der Waals surface area contributed by atoms with Crippen LogP contribution in [-0.2, 0) is 0 Å². The van der Waals surface area contributed by atoms with E-state index in [2.05, 4.69) is 21.2 Å². The highest BCUT2D eigenvalue weighted by atomic mass is 79.9. The summed E-state index contributed by atoms with van der Waals surface area (Å²) in [5, 5.41) is 3.73. The van der Waals surface area contributed by atoms with Crippen LogP contribution in [0.25, 0.3) is 0 Å². The van der Waals surface area contributed by atoms with Crippen LogP contribution in [-0.4, -0.2) is 7.11 Å². The number of nitrogens with two attached hydrogens (primary N) is 1. The Labute approximate surface area is 119 Å². The number of rotatable bonds is 3. The van der Waals surface area contributed by atoms with Crippen LogP contribution in [0, 0.1) is 0 Å². The van der Waals surface area contributed by atoms with Gasteiger partial charge in [-0.15, -0.1) is 0 Å². The summed E-state index contributed by atoms with van der Waals surface area (Å²) in [6.45, 7) is 0. The minimum Gasteiger partial charge on any atom is -0.495 e. The highest BCUT2D eigenvalue weighted by molar-refractivity contribution is 9.10. The van der Waals surface area contributed by atoms with Gasteiger partial charge in [0.25, 0.3) is 0 Å². The van der Waals surface area contributed by atoms with Gasteiger partial charge in [-0.05, 0) is 30.3 Å². The molecule has 0 heterocycles. The van der Waals surface area contributed by atoms with E-state index < -0.39 is 0 Å². The van der Waals surface area contributed by atoms with Crippen LogP contribution < -0.4 is 15.8 Å². The van der Waals surface area contributed by atoms with Crippen LogP contribution in [0.3, 0.4) is 0 Å². The zero-order valence-corrected chi connectivity index (χ0v) is 12.0. The lowest BCUT2D eigenvalue weighted by atomic mass is 10.2. The van der Waals surface area contributed by atoms with Crippen molar-refractivity contribution >= 4 is 44.6 Å². The molecule has 0 aromatic heterocycles. The van der Waals surface area contributed by atoms with E-state index in [9.17, 15) is 0 Å². The van der Waals surface area contributed by atoms with Gasteiger partial charge in [0.15, 0.2) is 0 Å². The maximum atomic E-state index is 5.98. The van der Waals surface area contributed by atoms with Crippen molar-refractivity contribution < 1.29 is 4.74 Å². The molecule has 94 valence electrons. The van der Waals surface area contributed by atoms with E-state index in [1.54, 1.807) is 13.2 Å². The topological polar surface area (TPSA) is 47.3 Å². The molecule has 18 heavy (non-hydrogen) atoms. The summed E-state index contributed by atoms with van der Waals surface area (Å²) in [7, 11) is 1.62. The minimum absolute atomic E-state index is 0.515. The van der Waals surface area contributed by atoms with Crippen molar-refractivity contribution in [2.75, 3.05) is 18.2 Å².